The Kier molecular flexibility index (Phi) is 7.13. The summed E-state index contributed by atoms with van der Waals surface area (Å²) in [7, 11) is 0. The molecule has 1 heterocycles. The minimum absolute atomic E-state index is 0.227. The third kappa shape index (κ3) is 5.67. The van der Waals surface area contributed by atoms with Crippen LogP contribution in [-0.2, 0) is 17.9 Å². The van der Waals surface area contributed by atoms with E-state index in [1.54, 1.807) is 30.4 Å². The summed E-state index contributed by atoms with van der Waals surface area (Å²) in [5.41, 5.74) is 2.02. The summed E-state index contributed by atoms with van der Waals surface area (Å²) in [5.74, 6) is 0. The maximum absolute atomic E-state index is 6.47. The molecule has 152 valence electrons. The average molecular weight is 455 g/mol. The molecule has 0 radical (unpaired) electrons. The topological polar surface area (TPSA) is 27.1 Å². The molecular weight excluding hydrogens is 435 g/mol. The Morgan fingerprint density at radius 2 is 1.77 bits per heavy atom. The Morgan fingerprint density at radius 3 is 2.53 bits per heavy atom. The highest BCUT2D eigenvalue weighted by Gasteiger charge is 2.17. The molecule has 4 aromatic rings. The van der Waals surface area contributed by atoms with Gasteiger partial charge in [0.15, 0.2) is 0 Å². The van der Waals surface area contributed by atoms with E-state index in [0.29, 0.717) is 23.2 Å². The summed E-state index contributed by atoms with van der Waals surface area (Å²) in [5, 5.41) is 1.21. The van der Waals surface area contributed by atoms with Gasteiger partial charge in [0.05, 0.1) is 19.5 Å². The Morgan fingerprint density at radius 1 is 0.933 bits per heavy atom. The zero-order valence-corrected chi connectivity index (χ0v) is 18.4. The Hall–Kier alpha value is -2.24. The predicted octanol–water partition coefficient (Wildman–Crippen LogP) is 7.30. The lowest BCUT2D eigenvalue weighted by atomic mass is 10.1. The van der Waals surface area contributed by atoms with Crippen LogP contribution >= 0.6 is 35.0 Å². The lowest BCUT2D eigenvalue weighted by Gasteiger charge is -2.20. The number of hydrogen-bond donors (Lipinski definition) is 0. The molecular formula is C24H20Cl2N2OS. The molecule has 0 fully saturated rings. The van der Waals surface area contributed by atoms with E-state index in [0.717, 1.165) is 11.1 Å². The highest BCUT2D eigenvalue weighted by molar-refractivity contribution is 7.99. The zero-order valence-electron chi connectivity index (χ0n) is 16.1. The van der Waals surface area contributed by atoms with Crippen LogP contribution in [0.3, 0.4) is 0 Å². The van der Waals surface area contributed by atoms with Crippen molar-refractivity contribution in [3.63, 3.8) is 0 Å². The molecule has 3 aromatic carbocycles. The van der Waals surface area contributed by atoms with Crippen LogP contribution in [0, 0.1) is 0 Å². The first-order valence-electron chi connectivity index (χ1n) is 9.51. The van der Waals surface area contributed by atoms with Crippen molar-refractivity contribution in [3.05, 3.63) is 113 Å². The third-order valence-corrected chi connectivity index (χ3v) is 6.13. The highest BCUT2D eigenvalue weighted by Crippen LogP contribution is 2.32. The van der Waals surface area contributed by atoms with E-state index < -0.39 is 0 Å². The minimum Gasteiger partial charge on any atom is -0.367 e. The van der Waals surface area contributed by atoms with Crippen LogP contribution in [-0.4, -0.2) is 9.55 Å². The van der Waals surface area contributed by atoms with E-state index in [9.17, 15) is 0 Å². The van der Waals surface area contributed by atoms with E-state index in [4.69, 9.17) is 27.9 Å². The van der Waals surface area contributed by atoms with Crippen molar-refractivity contribution in [1.82, 2.24) is 9.55 Å². The summed E-state index contributed by atoms with van der Waals surface area (Å²) in [4.78, 5) is 6.51. The van der Waals surface area contributed by atoms with E-state index >= 15 is 0 Å². The maximum atomic E-state index is 6.47. The molecule has 0 bridgehead atoms. The molecule has 0 saturated carbocycles. The van der Waals surface area contributed by atoms with Crippen molar-refractivity contribution in [2.75, 3.05) is 0 Å². The largest absolute Gasteiger partial charge is 0.367 e. The van der Waals surface area contributed by atoms with Gasteiger partial charge in [-0.3, -0.25) is 0 Å². The fraction of sp³-hybridized carbons (Fsp3) is 0.125. The number of halogens is 2. The Labute approximate surface area is 190 Å². The first kappa shape index (κ1) is 21.0. The van der Waals surface area contributed by atoms with Crippen molar-refractivity contribution in [2.24, 2.45) is 0 Å². The first-order chi connectivity index (χ1) is 14.7. The highest BCUT2D eigenvalue weighted by atomic mass is 35.5. The molecule has 0 aliphatic carbocycles. The van der Waals surface area contributed by atoms with Gasteiger partial charge in [-0.1, -0.05) is 71.4 Å². The fourth-order valence-electron chi connectivity index (χ4n) is 3.11. The lowest BCUT2D eigenvalue weighted by molar-refractivity contribution is 0.0279. The Balaban J connectivity index is 1.50. The number of aromatic nitrogens is 2. The molecule has 3 nitrogen and oxygen atoms in total. The van der Waals surface area contributed by atoms with Gasteiger partial charge in [0.1, 0.15) is 6.10 Å². The van der Waals surface area contributed by atoms with E-state index in [-0.39, 0.29) is 6.10 Å². The molecule has 0 N–H and O–H groups in total. The van der Waals surface area contributed by atoms with Crippen molar-refractivity contribution in [2.45, 2.75) is 29.0 Å². The smallest absolute Gasteiger partial charge is 0.102 e. The van der Waals surface area contributed by atoms with Gasteiger partial charge < -0.3 is 9.30 Å². The lowest BCUT2D eigenvalue weighted by Crippen LogP contribution is -2.12. The second-order valence-corrected chi connectivity index (χ2v) is 8.78. The number of benzene rings is 3. The number of hydrogen-bond acceptors (Lipinski definition) is 3. The van der Waals surface area contributed by atoms with Crippen LogP contribution in [0.2, 0.25) is 10.0 Å². The molecule has 1 unspecified atom stereocenters. The van der Waals surface area contributed by atoms with Crippen LogP contribution < -0.4 is 0 Å². The molecule has 0 aliphatic rings. The van der Waals surface area contributed by atoms with Crippen molar-refractivity contribution in [1.29, 1.82) is 0 Å². The van der Waals surface area contributed by atoms with Crippen LogP contribution in [0.5, 0.6) is 0 Å². The monoisotopic (exact) mass is 454 g/mol. The molecule has 0 amide bonds. The molecule has 4 rings (SSSR count). The van der Waals surface area contributed by atoms with Gasteiger partial charge in [-0.25, -0.2) is 4.98 Å². The van der Waals surface area contributed by atoms with E-state index in [2.05, 4.69) is 41.4 Å². The maximum Gasteiger partial charge on any atom is 0.102 e. The molecule has 0 aliphatic heterocycles. The normalized spacial score (nSPS) is 12.1. The summed E-state index contributed by atoms with van der Waals surface area (Å²) < 4.78 is 8.31. The zero-order chi connectivity index (χ0) is 20.8. The summed E-state index contributed by atoms with van der Waals surface area (Å²) in [6, 6.07) is 24.3. The molecule has 1 atom stereocenters. The van der Waals surface area contributed by atoms with Gasteiger partial charge >= 0.3 is 0 Å². The standard InChI is InChI=1S/C24H20Cl2N2OS/c25-19-9-10-22(23(26)14-19)24(15-28-12-11-27-17-28)29-16-18-5-4-8-21(13-18)30-20-6-2-1-3-7-20/h1-14,17,24H,15-16H2. The molecule has 1 aromatic heterocycles. The Bertz CT molecular complexity index is 1090. The fourth-order valence-corrected chi connectivity index (χ4v) is 4.56. The third-order valence-electron chi connectivity index (χ3n) is 4.57. The first-order valence-corrected chi connectivity index (χ1v) is 11.1. The second-order valence-electron chi connectivity index (χ2n) is 6.79. The summed E-state index contributed by atoms with van der Waals surface area (Å²) >= 11 is 14.3. The van der Waals surface area contributed by atoms with Gasteiger partial charge in [-0.05, 0) is 42.0 Å². The average Bonchev–Trinajstić information content (AvgIpc) is 3.26. The van der Waals surface area contributed by atoms with Gasteiger partial charge in [-0.15, -0.1) is 0 Å². The minimum atomic E-state index is -0.227. The van der Waals surface area contributed by atoms with Crippen molar-refractivity contribution in [3.8, 4) is 0 Å². The van der Waals surface area contributed by atoms with Gasteiger partial charge in [0, 0.05) is 37.8 Å². The second kappa shape index (κ2) is 10.2. The SMILES string of the molecule is Clc1ccc(C(Cn2ccnc2)OCc2cccc(Sc3ccccc3)c2)c(Cl)c1. The quantitative estimate of drug-likeness (QED) is 0.279. The number of rotatable bonds is 8. The van der Waals surface area contributed by atoms with Crippen LogP contribution in [0.1, 0.15) is 17.2 Å². The molecule has 0 saturated heterocycles. The van der Waals surface area contributed by atoms with Crippen LogP contribution in [0.15, 0.2) is 101 Å². The molecule has 6 heteroatoms. The summed E-state index contributed by atoms with van der Waals surface area (Å²) in [6.45, 7) is 1.08. The molecule has 0 spiro atoms. The number of nitrogens with zero attached hydrogens (tertiary/aromatic N) is 2. The predicted molar refractivity (Wildman–Crippen MR) is 123 cm³/mol. The van der Waals surface area contributed by atoms with Crippen LogP contribution in [0.4, 0.5) is 0 Å². The van der Waals surface area contributed by atoms with E-state index in [1.165, 1.54) is 9.79 Å². The van der Waals surface area contributed by atoms with Crippen LogP contribution in [0.25, 0.3) is 0 Å². The van der Waals surface area contributed by atoms with Gasteiger partial charge in [-0.2, -0.15) is 0 Å². The number of imidazole rings is 1. The number of ether oxygens (including phenoxy) is 1. The van der Waals surface area contributed by atoms with Gasteiger partial charge in [0.25, 0.3) is 0 Å². The van der Waals surface area contributed by atoms with E-state index in [1.807, 2.05) is 41.1 Å². The van der Waals surface area contributed by atoms with Crippen molar-refractivity contribution < 1.29 is 4.74 Å². The van der Waals surface area contributed by atoms with Crippen molar-refractivity contribution >= 4 is 35.0 Å². The molecule has 30 heavy (non-hydrogen) atoms. The van der Waals surface area contributed by atoms with Gasteiger partial charge in [0.2, 0.25) is 0 Å². The summed E-state index contributed by atoms with van der Waals surface area (Å²) in [6.07, 6.45) is 5.22.